The number of Topliss-reactive ketones (excluding diaryl/α,β-unsaturated/α-hetero) is 1. The summed E-state index contributed by atoms with van der Waals surface area (Å²) in [5.41, 5.74) is 0.854. The third-order valence-corrected chi connectivity index (χ3v) is 3.17. The maximum absolute atomic E-state index is 11.2. The summed E-state index contributed by atoms with van der Waals surface area (Å²) in [5.74, 6) is 1.82. The van der Waals surface area contributed by atoms with E-state index in [-0.39, 0.29) is 5.92 Å². The second-order valence-electron chi connectivity index (χ2n) is 4.35. The third-order valence-electron chi connectivity index (χ3n) is 3.17. The van der Waals surface area contributed by atoms with Gasteiger partial charge in [-0.3, -0.25) is 4.79 Å². The fraction of sp³-hybridized carbons (Fsp3) is 0.417. The summed E-state index contributed by atoms with van der Waals surface area (Å²) < 4.78 is 5.27. The number of aromatic nitrogens is 3. The molecule has 2 aromatic heterocycles. The summed E-state index contributed by atoms with van der Waals surface area (Å²) in [6.45, 7) is 0. The number of nitrogens with one attached hydrogen (secondary N) is 1. The molecule has 0 aliphatic heterocycles. The van der Waals surface area contributed by atoms with Crippen molar-refractivity contribution in [3.05, 3.63) is 24.2 Å². The van der Waals surface area contributed by atoms with Crippen LogP contribution >= 0.6 is 0 Å². The molecule has 5 heteroatoms. The molecule has 0 bridgehead atoms. The van der Waals surface area contributed by atoms with Crippen molar-refractivity contribution in [2.45, 2.75) is 31.6 Å². The number of hydrogen-bond acceptors (Lipinski definition) is 4. The molecular formula is C12H13N3O2. The number of carbonyl (C=O) groups is 1. The van der Waals surface area contributed by atoms with E-state index in [4.69, 9.17) is 4.52 Å². The lowest BCUT2D eigenvalue weighted by atomic mass is 9.88. The van der Waals surface area contributed by atoms with Gasteiger partial charge >= 0.3 is 0 Å². The zero-order valence-corrected chi connectivity index (χ0v) is 9.35. The normalized spacial score (nSPS) is 17.5. The Morgan fingerprint density at radius 1 is 1.35 bits per heavy atom. The molecule has 0 atom stereocenters. The van der Waals surface area contributed by atoms with Crippen LogP contribution in [0, 0.1) is 0 Å². The summed E-state index contributed by atoms with van der Waals surface area (Å²) in [6.07, 6.45) is 4.73. The number of aromatic amines is 1. The Morgan fingerprint density at radius 2 is 2.18 bits per heavy atom. The number of rotatable bonds is 2. The minimum absolute atomic E-state index is 0.240. The molecule has 2 aromatic rings. The van der Waals surface area contributed by atoms with Crippen molar-refractivity contribution in [3.8, 4) is 11.5 Å². The smallest absolute Gasteiger partial charge is 0.230 e. The first-order valence-corrected chi connectivity index (χ1v) is 5.82. The molecule has 0 spiro atoms. The lowest BCUT2D eigenvalue weighted by Gasteiger charge is -2.16. The Morgan fingerprint density at radius 3 is 2.88 bits per heavy atom. The van der Waals surface area contributed by atoms with Crippen LogP contribution in [0.25, 0.3) is 11.5 Å². The highest BCUT2D eigenvalue weighted by atomic mass is 16.5. The van der Waals surface area contributed by atoms with E-state index in [1.165, 1.54) is 0 Å². The van der Waals surface area contributed by atoms with Crippen molar-refractivity contribution in [3.63, 3.8) is 0 Å². The SMILES string of the molecule is O=C1CCC(c2nc(-c3ccc[nH]3)no2)CC1. The molecule has 1 aliphatic rings. The molecule has 5 nitrogen and oxygen atoms in total. The molecule has 17 heavy (non-hydrogen) atoms. The summed E-state index contributed by atoms with van der Waals surface area (Å²) in [7, 11) is 0. The number of H-pyrrole nitrogens is 1. The van der Waals surface area contributed by atoms with Gasteiger partial charge in [-0.15, -0.1) is 0 Å². The van der Waals surface area contributed by atoms with Gasteiger partial charge in [-0.05, 0) is 25.0 Å². The predicted octanol–water partition coefficient (Wildman–Crippen LogP) is 2.29. The minimum Gasteiger partial charge on any atom is -0.359 e. The Labute approximate surface area is 98.2 Å². The molecule has 0 unspecified atom stereocenters. The summed E-state index contributed by atoms with van der Waals surface area (Å²) in [6, 6.07) is 3.80. The summed E-state index contributed by atoms with van der Waals surface area (Å²) >= 11 is 0. The quantitative estimate of drug-likeness (QED) is 0.860. The van der Waals surface area contributed by atoms with Crippen molar-refractivity contribution < 1.29 is 9.32 Å². The monoisotopic (exact) mass is 231 g/mol. The van der Waals surface area contributed by atoms with Crippen molar-refractivity contribution in [2.75, 3.05) is 0 Å². The second-order valence-corrected chi connectivity index (χ2v) is 4.35. The fourth-order valence-electron chi connectivity index (χ4n) is 2.17. The number of ketones is 1. The standard InChI is InChI=1S/C12H13N3O2/c16-9-5-3-8(4-6-9)12-14-11(15-17-12)10-2-1-7-13-10/h1-2,7-8,13H,3-6H2. The molecule has 2 heterocycles. The van der Waals surface area contributed by atoms with Crippen LogP contribution in [0.4, 0.5) is 0 Å². The van der Waals surface area contributed by atoms with Crippen LogP contribution in [0.1, 0.15) is 37.5 Å². The Kier molecular flexibility index (Phi) is 2.51. The van der Waals surface area contributed by atoms with Gasteiger partial charge in [0, 0.05) is 25.0 Å². The van der Waals surface area contributed by atoms with E-state index < -0.39 is 0 Å². The molecule has 1 fully saturated rings. The molecule has 0 radical (unpaired) electrons. The van der Waals surface area contributed by atoms with Crippen LogP contribution in [0.5, 0.6) is 0 Å². The predicted molar refractivity (Wildman–Crippen MR) is 60.3 cm³/mol. The second kappa shape index (κ2) is 4.16. The van der Waals surface area contributed by atoms with Crippen molar-refractivity contribution >= 4 is 5.78 Å². The van der Waals surface area contributed by atoms with Crippen LogP contribution < -0.4 is 0 Å². The molecule has 3 rings (SSSR count). The zero-order valence-electron chi connectivity index (χ0n) is 9.35. The topological polar surface area (TPSA) is 71.8 Å². The van der Waals surface area contributed by atoms with Crippen LogP contribution in [0.2, 0.25) is 0 Å². The molecular weight excluding hydrogens is 218 g/mol. The number of hydrogen-bond donors (Lipinski definition) is 1. The number of carbonyl (C=O) groups excluding carboxylic acids is 1. The summed E-state index contributed by atoms with van der Waals surface area (Å²) in [4.78, 5) is 18.6. The Balaban J connectivity index is 1.79. The van der Waals surface area contributed by atoms with Crippen LogP contribution in [0.3, 0.4) is 0 Å². The Bertz CT molecular complexity index is 506. The van der Waals surface area contributed by atoms with Gasteiger partial charge in [0.1, 0.15) is 5.78 Å². The van der Waals surface area contributed by atoms with Gasteiger partial charge in [0.05, 0.1) is 5.69 Å². The zero-order chi connectivity index (χ0) is 11.7. The highest BCUT2D eigenvalue weighted by molar-refractivity contribution is 5.79. The van der Waals surface area contributed by atoms with E-state index >= 15 is 0 Å². The van der Waals surface area contributed by atoms with Gasteiger partial charge in [0.2, 0.25) is 11.7 Å². The average molecular weight is 231 g/mol. The van der Waals surface area contributed by atoms with E-state index in [9.17, 15) is 4.79 Å². The van der Waals surface area contributed by atoms with Gasteiger partial charge in [-0.1, -0.05) is 5.16 Å². The van der Waals surface area contributed by atoms with E-state index in [0.29, 0.717) is 30.3 Å². The first-order chi connectivity index (χ1) is 8.33. The maximum Gasteiger partial charge on any atom is 0.230 e. The van der Waals surface area contributed by atoms with Gasteiger partial charge in [0.15, 0.2) is 0 Å². The van der Waals surface area contributed by atoms with Gasteiger partial charge < -0.3 is 9.51 Å². The molecule has 0 saturated heterocycles. The first kappa shape index (κ1) is 10.3. The van der Waals surface area contributed by atoms with E-state index in [1.54, 1.807) is 0 Å². The molecule has 1 aliphatic carbocycles. The minimum atomic E-state index is 0.240. The average Bonchev–Trinajstić information content (AvgIpc) is 3.00. The van der Waals surface area contributed by atoms with E-state index in [0.717, 1.165) is 18.5 Å². The highest BCUT2D eigenvalue weighted by Crippen LogP contribution is 2.30. The molecule has 1 N–H and O–H groups in total. The molecule has 0 aromatic carbocycles. The highest BCUT2D eigenvalue weighted by Gasteiger charge is 2.25. The largest absolute Gasteiger partial charge is 0.359 e. The van der Waals surface area contributed by atoms with Crippen LogP contribution in [-0.4, -0.2) is 20.9 Å². The van der Waals surface area contributed by atoms with Gasteiger partial charge in [-0.25, -0.2) is 0 Å². The van der Waals surface area contributed by atoms with Gasteiger partial charge in [0.25, 0.3) is 0 Å². The van der Waals surface area contributed by atoms with Crippen molar-refractivity contribution in [2.24, 2.45) is 0 Å². The first-order valence-electron chi connectivity index (χ1n) is 5.82. The molecule has 88 valence electrons. The van der Waals surface area contributed by atoms with E-state index in [1.807, 2.05) is 18.3 Å². The third kappa shape index (κ3) is 2.00. The number of nitrogens with zero attached hydrogens (tertiary/aromatic N) is 2. The van der Waals surface area contributed by atoms with Crippen molar-refractivity contribution in [1.29, 1.82) is 0 Å². The van der Waals surface area contributed by atoms with Crippen LogP contribution in [0.15, 0.2) is 22.9 Å². The van der Waals surface area contributed by atoms with E-state index in [2.05, 4.69) is 15.1 Å². The Hall–Kier alpha value is -1.91. The lowest BCUT2D eigenvalue weighted by molar-refractivity contribution is -0.120. The van der Waals surface area contributed by atoms with Gasteiger partial charge in [-0.2, -0.15) is 4.98 Å². The maximum atomic E-state index is 11.2. The summed E-state index contributed by atoms with van der Waals surface area (Å²) in [5, 5.41) is 3.95. The fourth-order valence-corrected chi connectivity index (χ4v) is 2.17. The molecule has 1 saturated carbocycles. The van der Waals surface area contributed by atoms with Crippen molar-refractivity contribution in [1.82, 2.24) is 15.1 Å². The van der Waals surface area contributed by atoms with Crippen LogP contribution in [-0.2, 0) is 4.79 Å². The molecule has 0 amide bonds. The lowest BCUT2D eigenvalue weighted by Crippen LogP contribution is -2.12.